The summed E-state index contributed by atoms with van der Waals surface area (Å²) in [6.07, 6.45) is 6.32. The summed E-state index contributed by atoms with van der Waals surface area (Å²) in [5, 5.41) is 0. The summed E-state index contributed by atoms with van der Waals surface area (Å²) in [6.45, 7) is 3.09. The summed E-state index contributed by atoms with van der Waals surface area (Å²) in [5.41, 5.74) is 1.32. The van der Waals surface area contributed by atoms with Crippen molar-refractivity contribution in [2.24, 2.45) is 5.92 Å². The first kappa shape index (κ1) is 19.9. The van der Waals surface area contributed by atoms with E-state index >= 15 is 0 Å². The van der Waals surface area contributed by atoms with Gasteiger partial charge in [0.25, 0.3) is 5.91 Å². The summed E-state index contributed by atoms with van der Waals surface area (Å²) in [7, 11) is 0. The third-order valence-corrected chi connectivity index (χ3v) is 5.37. The van der Waals surface area contributed by atoms with Gasteiger partial charge in [-0.1, -0.05) is 18.2 Å². The fourth-order valence-corrected chi connectivity index (χ4v) is 3.71. The van der Waals surface area contributed by atoms with Crippen LogP contribution in [0.4, 0.5) is 4.39 Å². The Labute approximate surface area is 174 Å². The van der Waals surface area contributed by atoms with Gasteiger partial charge in [0.1, 0.15) is 5.82 Å². The van der Waals surface area contributed by atoms with E-state index in [0.29, 0.717) is 30.4 Å². The number of piperidine rings is 1. The molecule has 1 saturated heterocycles. The summed E-state index contributed by atoms with van der Waals surface area (Å²) in [4.78, 5) is 27.9. The van der Waals surface area contributed by atoms with Crippen molar-refractivity contribution in [3.8, 4) is 17.3 Å². The van der Waals surface area contributed by atoms with Gasteiger partial charge in [-0.25, -0.2) is 19.3 Å². The van der Waals surface area contributed by atoms with Crippen molar-refractivity contribution in [1.82, 2.24) is 19.9 Å². The Hall–Kier alpha value is -3.35. The molecular formula is C23H23FN4O2. The van der Waals surface area contributed by atoms with Crippen molar-refractivity contribution in [2.45, 2.75) is 25.8 Å². The Morgan fingerprint density at radius 3 is 2.67 bits per heavy atom. The highest BCUT2D eigenvalue weighted by Gasteiger charge is 2.31. The Balaban J connectivity index is 1.49. The van der Waals surface area contributed by atoms with E-state index in [0.717, 1.165) is 24.6 Å². The molecule has 1 aliphatic heterocycles. The lowest BCUT2D eigenvalue weighted by atomic mass is 9.92. The lowest BCUT2D eigenvalue weighted by Gasteiger charge is -2.38. The monoisotopic (exact) mass is 406 g/mol. The lowest BCUT2D eigenvalue weighted by molar-refractivity contribution is 0.0503. The highest BCUT2D eigenvalue weighted by atomic mass is 19.1. The number of ether oxygens (including phenoxy) is 1. The molecule has 4 rings (SSSR count). The molecule has 0 N–H and O–H groups in total. The molecule has 0 aliphatic carbocycles. The van der Waals surface area contributed by atoms with E-state index in [2.05, 4.69) is 21.9 Å². The van der Waals surface area contributed by atoms with E-state index in [1.54, 1.807) is 18.5 Å². The second-order valence-corrected chi connectivity index (χ2v) is 7.49. The molecule has 0 bridgehead atoms. The second kappa shape index (κ2) is 8.98. The number of hydrogen-bond acceptors (Lipinski definition) is 5. The third kappa shape index (κ3) is 4.45. The van der Waals surface area contributed by atoms with Crippen LogP contribution in [-0.2, 0) is 0 Å². The maximum absolute atomic E-state index is 13.4. The van der Waals surface area contributed by atoms with Gasteiger partial charge in [0, 0.05) is 42.5 Å². The van der Waals surface area contributed by atoms with Crippen molar-refractivity contribution in [3.63, 3.8) is 0 Å². The maximum Gasteiger partial charge on any atom is 0.254 e. The Morgan fingerprint density at radius 2 is 1.90 bits per heavy atom. The van der Waals surface area contributed by atoms with E-state index < -0.39 is 5.82 Å². The van der Waals surface area contributed by atoms with Crippen LogP contribution in [0, 0.1) is 11.7 Å². The zero-order valence-corrected chi connectivity index (χ0v) is 16.7. The van der Waals surface area contributed by atoms with Gasteiger partial charge in [-0.05, 0) is 38.0 Å². The minimum absolute atomic E-state index is 0.0323. The van der Waals surface area contributed by atoms with Crippen LogP contribution >= 0.6 is 0 Å². The fraction of sp³-hybridized carbons (Fsp3) is 0.304. The third-order valence-electron chi connectivity index (χ3n) is 5.37. The van der Waals surface area contributed by atoms with Crippen LogP contribution in [0.15, 0.2) is 61.1 Å². The van der Waals surface area contributed by atoms with Crippen molar-refractivity contribution in [1.29, 1.82) is 0 Å². The van der Waals surface area contributed by atoms with Gasteiger partial charge in [0.2, 0.25) is 5.88 Å². The van der Waals surface area contributed by atoms with Crippen molar-refractivity contribution < 1.29 is 13.9 Å². The highest BCUT2D eigenvalue weighted by Crippen LogP contribution is 2.27. The number of carbonyl (C=O) groups is 1. The first-order chi connectivity index (χ1) is 14.6. The molecule has 154 valence electrons. The molecule has 1 fully saturated rings. The number of rotatable bonds is 5. The van der Waals surface area contributed by atoms with Crippen LogP contribution in [0.5, 0.6) is 5.88 Å². The van der Waals surface area contributed by atoms with Crippen molar-refractivity contribution in [3.05, 3.63) is 72.4 Å². The van der Waals surface area contributed by atoms with Gasteiger partial charge in [-0.15, -0.1) is 0 Å². The first-order valence-electron chi connectivity index (χ1n) is 10.0. The molecule has 3 heterocycles. The van der Waals surface area contributed by atoms with Crippen LogP contribution in [0.3, 0.4) is 0 Å². The van der Waals surface area contributed by atoms with Crippen LogP contribution in [-0.4, -0.2) is 45.0 Å². The molecule has 7 heteroatoms. The summed E-state index contributed by atoms with van der Waals surface area (Å²) in [6, 6.07) is 12.2. The number of amides is 1. The molecular weight excluding hydrogens is 383 g/mol. The topological polar surface area (TPSA) is 68.2 Å². The molecule has 0 radical (unpaired) electrons. The van der Waals surface area contributed by atoms with Gasteiger partial charge in [0.05, 0.1) is 18.4 Å². The van der Waals surface area contributed by atoms with E-state index in [-0.39, 0.29) is 17.9 Å². The van der Waals surface area contributed by atoms with E-state index in [4.69, 9.17) is 4.74 Å². The quantitative estimate of drug-likeness (QED) is 0.641. The Bertz CT molecular complexity index is 998. The van der Waals surface area contributed by atoms with Gasteiger partial charge < -0.3 is 9.64 Å². The lowest BCUT2D eigenvalue weighted by Crippen LogP contribution is -2.47. The number of aromatic nitrogens is 3. The van der Waals surface area contributed by atoms with E-state index in [1.807, 2.05) is 29.2 Å². The Kier molecular flexibility index (Phi) is 5.97. The zero-order chi connectivity index (χ0) is 20.9. The molecule has 0 saturated carbocycles. The van der Waals surface area contributed by atoms with Crippen LogP contribution < -0.4 is 4.74 Å². The fourth-order valence-electron chi connectivity index (χ4n) is 3.71. The average Bonchev–Trinajstić information content (AvgIpc) is 2.80. The van der Waals surface area contributed by atoms with Gasteiger partial charge >= 0.3 is 0 Å². The molecule has 3 aromatic rings. The van der Waals surface area contributed by atoms with Crippen LogP contribution in [0.1, 0.15) is 30.1 Å². The zero-order valence-electron chi connectivity index (χ0n) is 16.7. The first-order valence-corrected chi connectivity index (χ1v) is 10.0. The minimum Gasteiger partial charge on any atom is -0.477 e. The van der Waals surface area contributed by atoms with Gasteiger partial charge in [-0.2, -0.15) is 0 Å². The summed E-state index contributed by atoms with van der Waals surface area (Å²) >= 11 is 0. The normalized spacial score (nSPS) is 18.8. The van der Waals surface area contributed by atoms with Crippen LogP contribution in [0.25, 0.3) is 11.4 Å². The molecule has 1 aliphatic rings. The Morgan fingerprint density at radius 1 is 1.10 bits per heavy atom. The molecule has 2 aromatic heterocycles. The molecule has 1 aromatic carbocycles. The molecule has 0 spiro atoms. The van der Waals surface area contributed by atoms with E-state index in [9.17, 15) is 9.18 Å². The van der Waals surface area contributed by atoms with Crippen molar-refractivity contribution >= 4 is 5.91 Å². The van der Waals surface area contributed by atoms with E-state index in [1.165, 1.54) is 12.1 Å². The highest BCUT2D eigenvalue weighted by molar-refractivity contribution is 6.00. The number of hydrogen-bond donors (Lipinski definition) is 0. The summed E-state index contributed by atoms with van der Waals surface area (Å²) < 4.78 is 18.7. The number of likely N-dealkylation sites (tertiary alicyclic amines) is 1. The predicted octanol–water partition coefficient (Wildman–Crippen LogP) is 4.00. The number of halogens is 1. The largest absolute Gasteiger partial charge is 0.477 e. The minimum atomic E-state index is -0.397. The second-order valence-electron chi connectivity index (χ2n) is 7.49. The predicted molar refractivity (Wildman–Crippen MR) is 110 cm³/mol. The number of benzene rings is 1. The number of nitrogens with zero attached hydrogens (tertiary/aromatic N) is 4. The molecule has 1 amide bonds. The number of carbonyl (C=O) groups excluding carboxylic acids is 1. The smallest absolute Gasteiger partial charge is 0.254 e. The molecule has 6 nitrogen and oxygen atoms in total. The van der Waals surface area contributed by atoms with Gasteiger partial charge in [0.15, 0.2) is 5.82 Å². The SMILES string of the molecule is CC1CCC(COc2ccc(F)cn2)CN1C(=O)c1ccccc1-c1ncccn1. The standard InChI is InChI=1S/C23H23FN4O2/c1-16-7-8-17(15-30-21-10-9-18(24)13-27-21)14-28(16)23(29)20-6-3-2-5-19(20)22-25-11-4-12-26-22/h2-6,9-13,16-17H,7-8,14-15H2,1H3. The average molecular weight is 406 g/mol. The molecule has 2 atom stereocenters. The molecule has 30 heavy (non-hydrogen) atoms. The summed E-state index contributed by atoms with van der Waals surface area (Å²) in [5.74, 6) is 0.673. The number of pyridine rings is 1. The maximum atomic E-state index is 13.4. The van der Waals surface area contributed by atoms with Crippen LogP contribution in [0.2, 0.25) is 0 Å². The van der Waals surface area contributed by atoms with Crippen molar-refractivity contribution in [2.75, 3.05) is 13.2 Å². The molecule has 2 unspecified atom stereocenters. The van der Waals surface area contributed by atoms with Gasteiger partial charge in [-0.3, -0.25) is 4.79 Å².